The van der Waals surface area contributed by atoms with Crippen LogP contribution >= 0.6 is 0 Å². The van der Waals surface area contributed by atoms with Gasteiger partial charge in [0, 0.05) is 5.41 Å². The summed E-state index contributed by atoms with van der Waals surface area (Å²) in [6, 6.07) is 0. The summed E-state index contributed by atoms with van der Waals surface area (Å²) in [5, 5.41) is 0. The zero-order valence-electron chi connectivity index (χ0n) is 9.87. The fraction of sp³-hybridized carbons (Fsp3) is 0.889. The Morgan fingerprint density at radius 1 is 1.00 bits per heavy atom. The number of amides is 1. The zero-order valence-corrected chi connectivity index (χ0v) is 9.87. The second-order valence-electron chi connectivity index (χ2n) is 4.68. The van der Waals surface area contributed by atoms with Gasteiger partial charge in [0.15, 0.2) is 0 Å². The highest BCUT2D eigenvalue weighted by Gasteiger charge is 2.77. The van der Waals surface area contributed by atoms with Crippen LogP contribution in [0.25, 0.3) is 0 Å². The number of carbonyl (C=O) groups excluding carboxylic acids is 1. The molecule has 0 aliphatic rings. The topological polar surface area (TPSA) is 52.3 Å². The van der Waals surface area contributed by atoms with Gasteiger partial charge in [0.2, 0.25) is 5.91 Å². The van der Waals surface area contributed by atoms with E-state index in [4.69, 9.17) is 0 Å². The Bertz CT molecular complexity index is 278. The van der Waals surface area contributed by atoms with Crippen molar-refractivity contribution in [1.82, 2.24) is 0 Å². The average molecular weight is 281 g/mol. The predicted octanol–water partition coefficient (Wildman–Crippen LogP) is 2.40. The van der Waals surface area contributed by atoms with Crippen LogP contribution in [0.5, 0.6) is 0 Å². The smallest absolute Gasteiger partial charge is 0.368 e. The quantitative estimate of drug-likeness (QED) is 0.808. The Kier molecular flexibility index (Phi) is 4.34. The number of alkyl halides is 6. The lowest BCUT2D eigenvalue weighted by Gasteiger charge is -2.45. The molecule has 0 aliphatic heterocycles. The van der Waals surface area contributed by atoms with Gasteiger partial charge in [-0.3, -0.25) is 4.79 Å². The van der Waals surface area contributed by atoms with E-state index in [2.05, 4.69) is 10.5 Å². The largest absolute Gasteiger partial charge is 0.427 e. The molecule has 0 aromatic carbocycles. The maximum absolute atomic E-state index is 12.8. The normalized spacial score (nSPS) is 14.7. The summed E-state index contributed by atoms with van der Waals surface area (Å²) in [4.78, 5) is 10.4. The molecule has 18 heavy (non-hydrogen) atoms. The number of carbonyl (C=O) groups is 1. The highest BCUT2D eigenvalue weighted by molar-refractivity contribution is 5.75. The minimum absolute atomic E-state index is 0.717. The van der Waals surface area contributed by atoms with Crippen LogP contribution in [0.15, 0.2) is 0 Å². The third kappa shape index (κ3) is 2.88. The van der Waals surface area contributed by atoms with E-state index in [-0.39, 0.29) is 0 Å². The van der Waals surface area contributed by atoms with Crippen LogP contribution in [0.2, 0.25) is 0 Å². The Labute approximate surface area is 99.3 Å². The van der Waals surface area contributed by atoms with Crippen LogP contribution in [0.3, 0.4) is 0 Å². The average Bonchev–Trinajstić information content (AvgIpc) is 1.94. The Morgan fingerprint density at radius 3 is 1.50 bits per heavy atom. The molecule has 0 aliphatic carbocycles. The Balaban J connectivity index is 5.83. The number of primary amides is 1. The standard InChI is InChI=1S/C9H13F6NO2/c1-6(2,3)7(8(10,11)12,9(13,14)15)18-4-5(16)17/h4H2,1-3H3,(H2,16,17). The van der Waals surface area contributed by atoms with E-state index in [0.717, 1.165) is 20.8 Å². The third-order valence-electron chi connectivity index (χ3n) is 2.29. The summed E-state index contributed by atoms with van der Waals surface area (Å²) < 4.78 is 80.8. The van der Waals surface area contributed by atoms with Gasteiger partial charge in [0.05, 0.1) is 0 Å². The molecular formula is C9H13F6NO2. The van der Waals surface area contributed by atoms with Gasteiger partial charge in [0.25, 0.3) is 5.60 Å². The van der Waals surface area contributed by atoms with Gasteiger partial charge in [-0.2, -0.15) is 26.3 Å². The van der Waals surface area contributed by atoms with Gasteiger partial charge < -0.3 is 10.5 Å². The van der Waals surface area contributed by atoms with Crippen LogP contribution in [0.1, 0.15) is 20.8 Å². The molecule has 3 nitrogen and oxygen atoms in total. The molecule has 0 fully saturated rings. The van der Waals surface area contributed by atoms with E-state index >= 15 is 0 Å². The number of hydrogen-bond donors (Lipinski definition) is 1. The minimum atomic E-state index is -5.74. The van der Waals surface area contributed by atoms with Gasteiger partial charge in [-0.25, -0.2) is 0 Å². The molecule has 0 spiro atoms. The lowest BCUT2D eigenvalue weighted by molar-refractivity contribution is -0.407. The van der Waals surface area contributed by atoms with Crippen molar-refractivity contribution in [3.8, 4) is 0 Å². The van der Waals surface area contributed by atoms with Crippen LogP contribution in [0, 0.1) is 5.41 Å². The number of rotatable bonds is 3. The van der Waals surface area contributed by atoms with Crippen molar-refractivity contribution in [1.29, 1.82) is 0 Å². The van der Waals surface area contributed by atoms with Crippen LogP contribution < -0.4 is 5.73 Å². The van der Waals surface area contributed by atoms with Crippen LogP contribution in [0.4, 0.5) is 26.3 Å². The van der Waals surface area contributed by atoms with Gasteiger partial charge in [-0.1, -0.05) is 20.8 Å². The van der Waals surface area contributed by atoms with Gasteiger partial charge in [-0.15, -0.1) is 0 Å². The highest BCUT2D eigenvalue weighted by atomic mass is 19.4. The van der Waals surface area contributed by atoms with Crippen molar-refractivity contribution < 1.29 is 35.9 Å². The molecule has 0 aromatic rings. The molecular weight excluding hydrogens is 268 g/mol. The molecule has 0 saturated heterocycles. The predicted molar refractivity (Wildman–Crippen MR) is 49.4 cm³/mol. The second kappa shape index (κ2) is 4.60. The zero-order chi connectivity index (χ0) is 15.0. The monoisotopic (exact) mass is 281 g/mol. The van der Waals surface area contributed by atoms with E-state index < -0.39 is 35.9 Å². The molecule has 0 heterocycles. The summed E-state index contributed by atoms with van der Waals surface area (Å²) in [5.41, 5.74) is -2.29. The summed E-state index contributed by atoms with van der Waals surface area (Å²) in [7, 11) is 0. The van der Waals surface area contributed by atoms with Crippen molar-refractivity contribution in [2.45, 2.75) is 38.7 Å². The van der Waals surface area contributed by atoms with Gasteiger partial charge in [0.1, 0.15) is 6.61 Å². The molecule has 0 bridgehead atoms. The van der Waals surface area contributed by atoms with Crippen molar-refractivity contribution in [2.75, 3.05) is 6.61 Å². The van der Waals surface area contributed by atoms with Gasteiger partial charge >= 0.3 is 12.4 Å². The molecule has 2 N–H and O–H groups in total. The number of nitrogens with two attached hydrogens (primary N) is 1. The van der Waals surface area contributed by atoms with Crippen molar-refractivity contribution in [2.24, 2.45) is 11.1 Å². The second-order valence-corrected chi connectivity index (χ2v) is 4.68. The number of halogens is 6. The van der Waals surface area contributed by atoms with E-state index in [9.17, 15) is 31.1 Å². The molecule has 0 radical (unpaired) electrons. The molecule has 0 saturated carbocycles. The van der Waals surface area contributed by atoms with E-state index in [1.54, 1.807) is 0 Å². The van der Waals surface area contributed by atoms with Crippen LogP contribution in [-0.4, -0.2) is 30.5 Å². The molecule has 108 valence electrons. The molecule has 0 atom stereocenters. The van der Waals surface area contributed by atoms with Crippen molar-refractivity contribution >= 4 is 5.91 Å². The Hall–Kier alpha value is -0.990. The SMILES string of the molecule is CC(C)(C)C(OCC(N)=O)(C(F)(F)F)C(F)(F)F. The third-order valence-corrected chi connectivity index (χ3v) is 2.29. The summed E-state index contributed by atoms with van der Waals surface area (Å²) in [5.74, 6) is -1.42. The molecule has 0 rings (SSSR count). The van der Waals surface area contributed by atoms with E-state index in [1.807, 2.05) is 0 Å². The fourth-order valence-electron chi connectivity index (χ4n) is 1.57. The summed E-state index contributed by atoms with van der Waals surface area (Å²) in [6.45, 7) is 0.676. The lowest BCUT2D eigenvalue weighted by Crippen LogP contribution is -2.66. The highest BCUT2D eigenvalue weighted by Crippen LogP contribution is 2.55. The van der Waals surface area contributed by atoms with Crippen molar-refractivity contribution in [3.05, 3.63) is 0 Å². The first-order valence-electron chi connectivity index (χ1n) is 4.72. The molecule has 0 unspecified atom stereocenters. The first-order valence-corrected chi connectivity index (χ1v) is 4.72. The first kappa shape index (κ1) is 17.0. The maximum Gasteiger partial charge on any atom is 0.427 e. The fourth-order valence-corrected chi connectivity index (χ4v) is 1.57. The van der Waals surface area contributed by atoms with Crippen molar-refractivity contribution in [3.63, 3.8) is 0 Å². The number of hydrogen-bond acceptors (Lipinski definition) is 2. The summed E-state index contributed by atoms with van der Waals surface area (Å²) >= 11 is 0. The lowest BCUT2D eigenvalue weighted by atomic mass is 9.75. The molecule has 1 amide bonds. The Morgan fingerprint density at radius 2 is 1.33 bits per heavy atom. The van der Waals surface area contributed by atoms with E-state index in [1.165, 1.54) is 0 Å². The van der Waals surface area contributed by atoms with E-state index in [0.29, 0.717) is 0 Å². The van der Waals surface area contributed by atoms with Crippen LogP contribution in [-0.2, 0) is 9.53 Å². The maximum atomic E-state index is 12.8. The molecule has 9 heteroatoms. The minimum Gasteiger partial charge on any atom is -0.368 e. The van der Waals surface area contributed by atoms with Gasteiger partial charge in [-0.05, 0) is 0 Å². The first-order chi connectivity index (χ1) is 7.67. The number of ether oxygens (including phenoxy) is 1. The molecule has 0 aromatic heterocycles. The summed E-state index contributed by atoms with van der Waals surface area (Å²) in [6.07, 6.45) is -11.5.